The van der Waals surface area contributed by atoms with Gasteiger partial charge in [0.05, 0.1) is 25.8 Å². The van der Waals surface area contributed by atoms with E-state index in [2.05, 4.69) is 4.57 Å². The summed E-state index contributed by atoms with van der Waals surface area (Å²) in [5.74, 6) is 0.816. The average Bonchev–Trinajstić information content (AvgIpc) is 3.36. The Hall–Kier alpha value is -4.00. The normalized spacial score (nSPS) is 11.7. The molecule has 0 amide bonds. The zero-order chi connectivity index (χ0) is 22.7. The third-order valence-electron chi connectivity index (χ3n) is 5.15. The summed E-state index contributed by atoms with van der Waals surface area (Å²) >= 11 is 0. The highest BCUT2D eigenvalue weighted by molar-refractivity contribution is 5.91. The smallest absolute Gasteiger partial charge is 0.371 e. The summed E-state index contributed by atoms with van der Waals surface area (Å²) in [5, 5.41) is 10.3. The van der Waals surface area contributed by atoms with E-state index >= 15 is 0 Å². The minimum absolute atomic E-state index is 0.0756. The molecular weight excluding hydrogens is 408 g/mol. The number of oxazole rings is 1. The number of methoxy groups -OCH3 is 1. The van der Waals surface area contributed by atoms with Crippen molar-refractivity contribution in [2.45, 2.75) is 20.4 Å². The number of aromatic nitrogens is 2. The number of aliphatic carboxylic acids is 1. The van der Waals surface area contributed by atoms with Crippen LogP contribution in [0.3, 0.4) is 0 Å². The zero-order valence-corrected chi connectivity index (χ0v) is 18.2. The molecular formula is C25H24N2O5. The van der Waals surface area contributed by atoms with Crippen LogP contribution in [-0.2, 0) is 16.1 Å². The van der Waals surface area contributed by atoms with Gasteiger partial charge >= 0.3 is 5.97 Å². The molecule has 0 radical (unpaired) electrons. The van der Waals surface area contributed by atoms with Crippen LogP contribution < -0.4 is 4.74 Å². The highest BCUT2D eigenvalue weighted by atomic mass is 16.5. The molecule has 7 heteroatoms. The standard InChI is InChI=1S/C25H24N2O5/c1-4-31-23(25(28)29)14-17-9-10-21-18(13-17)11-12-27(21)15-20-16(2)32-24(26-20)19-7-5-6-8-22(19)30-3/h5-14H,4,15H2,1-3H3,(H,28,29)/b23-14+. The van der Waals surface area contributed by atoms with Crippen LogP contribution in [-0.4, -0.2) is 34.3 Å². The van der Waals surface area contributed by atoms with Crippen LogP contribution in [0.4, 0.5) is 0 Å². The highest BCUT2D eigenvalue weighted by Gasteiger charge is 2.16. The van der Waals surface area contributed by atoms with E-state index < -0.39 is 5.97 Å². The van der Waals surface area contributed by atoms with Crippen LogP contribution in [0.2, 0.25) is 0 Å². The molecule has 164 valence electrons. The highest BCUT2D eigenvalue weighted by Crippen LogP contribution is 2.31. The van der Waals surface area contributed by atoms with Crippen LogP contribution >= 0.6 is 0 Å². The van der Waals surface area contributed by atoms with Gasteiger partial charge in [-0.1, -0.05) is 18.2 Å². The van der Waals surface area contributed by atoms with Crippen molar-refractivity contribution >= 4 is 22.9 Å². The van der Waals surface area contributed by atoms with Gasteiger partial charge in [0.25, 0.3) is 0 Å². The minimum atomic E-state index is -1.09. The van der Waals surface area contributed by atoms with Crippen molar-refractivity contribution in [2.75, 3.05) is 13.7 Å². The molecule has 2 aromatic carbocycles. The van der Waals surface area contributed by atoms with Crippen molar-refractivity contribution in [3.63, 3.8) is 0 Å². The number of benzene rings is 2. The van der Waals surface area contributed by atoms with Crippen LogP contribution in [0.25, 0.3) is 28.4 Å². The third kappa shape index (κ3) is 4.23. The number of hydrogen-bond donors (Lipinski definition) is 1. The van der Waals surface area contributed by atoms with Gasteiger partial charge in [-0.3, -0.25) is 0 Å². The van der Waals surface area contributed by atoms with Crippen molar-refractivity contribution < 1.29 is 23.8 Å². The first-order chi connectivity index (χ1) is 15.5. The monoisotopic (exact) mass is 432 g/mol. The summed E-state index contributed by atoms with van der Waals surface area (Å²) in [4.78, 5) is 16.0. The number of hydrogen-bond acceptors (Lipinski definition) is 5. The number of carboxylic acid groups (broad SMARTS) is 1. The largest absolute Gasteiger partial charge is 0.496 e. The summed E-state index contributed by atoms with van der Waals surface area (Å²) in [5.41, 5.74) is 3.41. The lowest BCUT2D eigenvalue weighted by Crippen LogP contribution is -2.04. The molecule has 4 aromatic rings. The fraction of sp³-hybridized carbons (Fsp3) is 0.200. The van der Waals surface area contributed by atoms with E-state index in [-0.39, 0.29) is 5.76 Å². The number of fused-ring (bicyclic) bond motifs is 1. The van der Waals surface area contributed by atoms with Crippen molar-refractivity contribution in [3.8, 4) is 17.2 Å². The molecule has 0 unspecified atom stereocenters. The average molecular weight is 432 g/mol. The molecule has 2 heterocycles. The second kappa shape index (κ2) is 9.01. The van der Waals surface area contributed by atoms with E-state index in [1.807, 2.05) is 61.7 Å². The SMILES string of the molecule is CCO/C(=C/c1ccc2c(ccn2Cc2nc(-c3ccccc3OC)oc2C)c1)C(=O)O. The number of ether oxygens (including phenoxy) is 2. The molecule has 0 saturated heterocycles. The lowest BCUT2D eigenvalue weighted by atomic mass is 10.1. The molecule has 0 atom stereocenters. The fourth-order valence-electron chi connectivity index (χ4n) is 3.59. The van der Waals surface area contributed by atoms with Gasteiger partial charge in [0, 0.05) is 17.1 Å². The molecule has 32 heavy (non-hydrogen) atoms. The molecule has 1 N–H and O–H groups in total. The molecule has 7 nitrogen and oxygen atoms in total. The Morgan fingerprint density at radius 3 is 2.78 bits per heavy atom. The van der Waals surface area contributed by atoms with Gasteiger partial charge in [-0.2, -0.15) is 0 Å². The van der Waals surface area contributed by atoms with Crippen LogP contribution in [0, 0.1) is 6.92 Å². The number of rotatable bonds is 8. The molecule has 0 bridgehead atoms. The van der Waals surface area contributed by atoms with E-state index in [0.717, 1.165) is 33.5 Å². The Labute approximate surface area is 185 Å². The van der Waals surface area contributed by atoms with Crippen molar-refractivity contribution in [3.05, 3.63) is 77.5 Å². The third-order valence-corrected chi connectivity index (χ3v) is 5.15. The van der Waals surface area contributed by atoms with Crippen molar-refractivity contribution in [1.29, 1.82) is 0 Å². The van der Waals surface area contributed by atoms with E-state index in [9.17, 15) is 9.90 Å². The maximum atomic E-state index is 11.3. The Morgan fingerprint density at radius 2 is 2.03 bits per heavy atom. The zero-order valence-electron chi connectivity index (χ0n) is 18.2. The van der Waals surface area contributed by atoms with Crippen molar-refractivity contribution in [2.24, 2.45) is 0 Å². The van der Waals surface area contributed by atoms with Crippen LogP contribution in [0.5, 0.6) is 5.75 Å². The minimum Gasteiger partial charge on any atom is -0.496 e. The molecule has 0 aliphatic heterocycles. The fourth-order valence-corrected chi connectivity index (χ4v) is 3.59. The van der Waals surface area contributed by atoms with Crippen LogP contribution in [0.15, 0.2) is 64.9 Å². The van der Waals surface area contributed by atoms with E-state index in [1.165, 1.54) is 6.08 Å². The maximum absolute atomic E-state index is 11.3. The first-order valence-corrected chi connectivity index (χ1v) is 10.3. The van der Waals surface area contributed by atoms with Gasteiger partial charge < -0.3 is 23.6 Å². The topological polar surface area (TPSA) is 86.7 Å². The molecule has 0 saturated carbocycles. The number of aryl methyl sites for hydroxylation is 1. The molecule has 0 aliphatic rings. The quantitative estimate of drug-likeness (QED) is 0.307. The Morgan fingerprint density at radius 1 is 1.22 bits per heavy atom. The Kier molecular flexibility index (Phi) is 5.98. The number of nitrogens with zero attached hydrogens (tertiary/aromatic N) is 2. The predicted octanol–water partition coefficient (Wildman–Crippen LogP) is 5.12. The van der Waals surface area contributed by atoms with Gasteiger partial charge in [-0.15, -0.1) is 0 Å². The summed E-state index contributed by atoms with van der Waals surface area (Å²) < 4.78 is 18.6. The number of para-hydroxylation sites is 1. The molecule has 4 rings (SSSR count). The van der Waals surface area contributed by atoms with Gasteiger partial charge in [0.2, 0.25) is 11.6 Å². The van der Waals surface area contributed by atoms with Crippen molar-refractivity contribution in [1.82, 2.24) is 9.55 Å². The Bertz CT molecular complexity index is 1300. The first-order valence-electron chi connectivity index (χ1n) is 10.3. The second-order valence-electron chi connectivity index (χ2n) is 7.23. The second-order valence-corrected chi connectivity index (χ2v) is 7.23. The summed E-state index contributed by atoms with van der Waals surface area (Å²) in [7, 11) is 1.62. The van der Waals surface area contributed by atoms with Gasteiger partial charge in [0.15, 0.2) is 0 Å². The van der Waals surface area contributed by atoms with Crippen LogP contribution in [0.1, 0.15) is 23.9 Å². The van der Waals surface area contributed by atoms with E-state index in [4.69, 9.17) is 18.9 Å². The summed E-state index contributed by atoms with van der Waals surface area (Å²) in [6.07, 6.45) is 3.51. The Balaban J connectivity index is 1.63. The molecule has 2 aromatic heterocycles. The number of carboxylic acids is 1. The molecule has 0 fully saturated rings. The summed E-state index contributed by atoms with van der Waals surface area (Å²) in [6, 6.07) is 15.4. The lowest BCUT2D eigenvalue weighted by molar-refractivity contribution is -0.136. The summed E-state index contributed by atoms with van der Waals surface area (Å²) in [6.45, 7) is 4.50. The lowest BCUT2D eigenvalue weighted by Gasteiger charge is -2.06. The maximum Gasteiger partial charge on any atom is 0.371 e. The van der Waals surface area contributed by atoms with Gasteiger partial charge in [-0.25, -0.2) is 9.78 Å². The van der Waals surface area contributed by atoms with Gasteiger partial charge in [-0.05, 0) is 55.8 Å². The molecule has 0 spiro atoms. The van der Waals surface area contributed by atoms with E-state index in [0.29, 0.717) is 24.8 Å². The predicted molar refractivity (Wildman–Crippen MR) is 122 cm³/mol. The van der Waals surface area contributed by atoms with Gasteiger partial charge in [0.1, 0.15) is 17.2 Å². The molecule has 0 aliphatic carbocycles. The number of carbonyl (C=O) groups is 1. The van der Waals surface area contributed by atoms with E-state index in [1.54, 1.807) is 14.0 Å². The first kappa shape index (κ1) is 21.2.